The normalized spacial score (nSPS) is 11.5. The molecule has 0 aromatic carbocycles. The highest BCUT2D eigenvalue weighted by atomic mass is 15.1. The lowest BCUT2D eigenvalue weighted by Crippen LogP contribution is -2.33. The lowest BCUT2D eigenvalue weighted by molar-refractivity contribution is 0.327. The number of nitrogens with zero attached hydrogens (tertiary/aromatic N) is 1. The van der Waals surface area contributed by atoms with E-state index < -0.39 is 0 Å². The van der Waals surface area contributed by atoms with Gasteiger partial charge >= 0.3 is 0 Å². The van der Waals surface area contributed by atoms with Crippen molar-refractivity contribution in [2.75, 3.05) is 26.7 Å². The lowest BCUT2D eigenvalue weighted by Gasteiger charge is -2.16. The van der Waals surface area contributed by atoms with Gasteiger partial charge < -0.3 is 10.2 Å². The van der Waals surface area contributed by atoms with Gasteiger partial charge in [0, 0.05) is 19.1 Å². The van der Waals surface area contributed by atoms with Crippen LogP contribution < -0.4 is 5.32 Å². The summed E-state index contributed by atoms with van der Waals surface area (Å²) in [5.41, 5.74) is 0. The molecule has 0 spiro atoms. The minimum absolute atomic E-state index is 0.616. The Kier molecular flexibility index (Phi) is 6.57. The standard InChI is InChI=1S/C9H22N2/c1-5-7-11(4)8-6-10-9(2)3/h9-10H,5-8H2,1-4H3. The monoisotopic (exact) mass is 158 g/mol. The zero-order valence-corrected chi connectivity index (χ0v) is 8.35. The van der Waals surface area contributed by atoms with Crippen LogP contribution in [0.25, 0.3) is 0 Å². The number of hydrogen-bond acceptors (Lipinski definition) is 2. The van der Waals surface area contributed by atoms with Crippen LogP contribution in [0, 0.1) is 0 Å². The second-order valence-electron chi connectivity index (χ2n) is 3.41. The Morgan fingerprint density at radius 3 is 2.36 bits per heavy atom. The van der Waals surface area contributed by atoms with Gasteiger partial charge in [-0.05, 0) is 20.0 Å². The van der Waals surface area contributed by atoms with Gasteiger partial charge in [-0.2, -0.15) is 0 Å². The Morgan fingerprint density at radius 1 is 1.27 bits per heavy atom. The van der Waals surface area contributed by atoms with E-state index in [1.165, 1.54) is 13.0 Å². The van der Waals surface area contributed by atoms with E-state index >= 15 is 0 Å². The third kappa shape index (κ3) is 7.82. The molecule has 0 aliphatic rings. The lowest BCUT2D eigenvalue weighted by atomic mass is 10.4. The molecule has 0 aliphatic carbocycles. The van der Waals surface area contributed by atoms with Gasteiger partial charge in [-0.1, -0.05) is 20.8 Å². The second-order valence-corrected chi connectivity index (χ2v) is 3.41. The first-order chi connectivity index (χ1) is 5.16. The molecule has 0 radical (unpaired) electrons. The number of hydrogen-bond donors (Lipinski definition) is 1. The zero-order chi connectivity index (χ0) is 8.69. The van der Waals surface area contributed by atoms with Crippen LogP contribution in [-0.2, 0) is 0 Å². The first kappa shape index (κ1) is 10.9. The van der Waals surface area contributed by atoms with Crippen molar-refractivity contribution < 1.29 is 0 Å². The molecule has 0 amide bonds. The smallest absolute Gasteiger partial charge is 0.0104 e. The Balaban J connectivity index is 3.10. The molecular weight excluding hydrogens is 136 g/mol. The molecule has 0 saturated heterocycles. The minimum atomic E-state index is 0.616. The highest BCUT2D eigenvalue weighted by Gasteiger charge is 1.96. The van der Waals surface area contributed by atoms with E-state index in [9.17, 15) is 0 Å². The third-order valence-electron chi connectivity index (χ3n) is 1.65. The maximum Gasteiger partial charge on any atom is 0.0104 e. The summed E-state index contributed by atoms with van der Waals surface area (Å²) in [6.07, 6.45) is 1.25. The first-order valence-electron chi connectivity index (χ1n) is 4.58. The molecule has 0 heterocycles. The summed E-state index contributed by atoms with van der Waals surface area (Å²) in [6, 6.07) is 0.616. The first-order valence-corrected chi connectivity index (χ1v) is 4.58. The Labute approximate surface area is 71.0 Å². The highest BCUT2D eigenvalue weighted by Crippen LogP contribution is 1.84. The fourth-order valence-electron chi connectivity index (χ4n) is 1.04. The van der Waals surface area contributed by atoms with Crippen molar-refractivity contribution in [1.82, 2.24) is 10.2 Å². The molecule has 0 rings (SSSR count). The largest absolute Gasteiger partial charge is 0.313 e. The number of likely N-dealkylation sites (N-methyl/N-ethyl adjacent to an activating group) is 1. The van der Waals surface area contributed by atoms with E-state index in [-0.39, 0.29) is 0 Å². The highest BCUT2D eigenvalue weighted by molar-refractivity contribution is 4.56. The van der Waals surface area contributed by atoms with Crippen LogP contribution >= 0.6 is 0 Å². The van der Waals surface area contributed by atoms with Crippen LogP contribution in [0.1, 0.15) is 27.2 Å². The van der Waals surface area contributed by atoms with E-state index in [1.807, 2.05) is 0 Å². The van der Waals surface area contributed by atoms with Gasteiger partial charge in [0.15, 0.2) is 0 Å². The van der Waals surface area contributed by atoms with E-state index in [0.717, 1.165) is 13.1 Å². The van der Waals surface area contributed by atoms with Crippen LogP contribution in [0.15, 0.2) is 0 Å². The number of nitrogens with one attached hydrogen (secondary N) is 1. The summed E-state index contributed by atoms with van der Waals surface area (Å²) in [7, 11) is 2.17. The Bertz CT molecular complexity index is 81.6. The van der Waals surface area contributed by atoms with Crippen LogP contribution in [0.3, 0.4) is 0 Å². The minimum Gasteiger partial charge on any atom is -0.313 e. The van der Waals surface area contributed by atoms with Gasteiger partial charge in [-0.15, -0.1) is 0 Å². The molecule has 0 atom stereocenters. The maximum atomic E-state index is 3.39. The average Bonchev–Trinajstić information content (AvgIpc) is 1.87. The van der Waals surface area contributed by atoms with Crippen molar-refractivity contribution in [2.45, 2.75) is 33.2 Å². The van der Waals surface area contributed by atoms with Crippen LogP contribution in [0.2, 0.25) is 0 Å². The molecule has 0 unspecified atom stereocenters. The van der Waals surface area contributed by atoms with E-state index in [2.05, 4.69) is 38.0 Å². The summed E-state index contributed by atoms with van der Waals surface area (Å²) >= 11 is 0. The number of rotatable bonds is 6. The fraction of sp³-hybridized carbons (Fsp3) is 1.00. The molecule has 68 valence electrons. The van der Waals surface area contributed by atoms with Crippen molar-refractivity contribution >= 4 is 0 Å². The van der Waals surface area contributed by atoms with Crippen molar-refractivity contribution in [1.29, 1.82) is 0 Å². The van der Waals surface area contributed by atoms with E-state index in [4.69, 9.17) is 0 Å². The predicted molar refractivity (Wildman–Crippen MR) is 50.9 cm³/mol. The topological polar surface area (TPSA) is 15.3 Å². The van der Waals surface area contributed by atoms with E-state index in [0.29, 0.717) is 6.04 Å². The van der Waals surface area contributed by atoms with Gasteiger partial charge in [0.1, 0.15) is 0 Å². The van der Waals surface area contributed by atoms with Gasteiger partial charge in [-0.3, -0.25) is 0 Å². The van der Waals surface area contributed by atoms with Gasteiger partial charge in [-0.25, -0.2) is 0 Å². The summed E-state index contributed by atoms with van der Waals surface area (Å²) in [5, 5.41) is 3.39. The summed E-state index contributed by atoms with van der Waals surface area (Å²) in [6.45, 7) is 10.0. The van der Waals surface area contributed by atoms with Gasteiger partial charge in [0.2, 0.25) is 0 Å². The fourth-order valence-corrected chi connectivity index (χ4v) is 1.04. The van der Waals surface area contributed by atoms with Crippen LogP contribution in [-0.4, -0.2) is 37.6 Å². The van der Waals surface area contributed by atoms with Gasteiger partial charge in [0.05, 0.1) is 0 Å². The molecule has 1 N–H and O–H groups in total. The Morgan fingerprint density at radius 2 is 1.91 bits per heavy atom. The molecule has 0 bridgehead atoms. The van der Waals surface area contributed by atoms with Crippen molar-refractivity contribution in [2.24, 2.45) is 0 Å². The maximum absolute atomic E-state index is 3.39. The average molecular weight is 158 g/mol. The molecular formula is C9H22N2. The summed E-state index contributed by atoms with van der Waals surface area (Å²) in [4.78, 5) is 2.36. The van der Waals surface area contributed by atoms with Crippen molar-refractivity contribution in [3.63, 3.8) is 0 Å². The Hall–Kier alpha value is -0.0800. The molecule has 0 aromatic rings. The molecule has 11 heavy (non-hydrogen) atoms. The quantitative estimate of drug-likeness (QED) is 0.627. The van der Waals surface area contributed by atoms with Crippen molar-refractivity contribution in [3.05, 3.63) is 0 Å². The summed E-state index contributed by atoms with van der Waals surface area (Å²) < 4.78 is 0. The predicted octanol–water partition coefficient (Wildman–Crippen LogP) is 1.33. The van der Waals surface area contributed by atoms with Crippen molar-refractivity contribution in [3.8, 4) is 0 Å². The SMILES string of the molecule is CCCN(C)CCNC(C)C. The third-order valence-corrected chi connectivity index (χ3v) is 1.65. The molecule has 2 heteroatoms. The second kappa shape index (κ2) is 6.62. The molecule has 0 aliphatic heterocycles. The summed E-state index contributed by atoms with van der Waals surface area (Å²) in [5.74, 6) is 0. The molecule has 2 nitrogen and oxygen atoms in total. The van der Waals surface area contributed by atoms with Gasteiger partial charge in [0.25, 0.3) is 0 Å². The molecule has 0 fully saturated rings. The van der Waals surface area contributed by atoms with Crippen LogP contribution in [0.5, 0.6) is 0 Å². The van der Waals surface area contributed by atoms with Crippen LogP contribution in [0.4, 0.5) is 0 Å². The molecule has 0 aromatic heterocycles. The van der Waals surface area contributed by atoms with E-state index in [1.54, 1.807) is 0 Å². The zero-order valence-electron chi connectivity index (χ0n) is 8.35. The molecule has 0 saturated carbocycles.